The standard InChI is InChI=1S/C12H27N3O3S/c1-11(2)13(5)19(17,18)15-8-6-14(7-9-15)10-12(3,4)16/h11,16H,6-10H2,1-5H3. The fourth-order valence-corrected chi connectivity index (χ4v) is 3.64. The minimum atomic E-state index is -3.35. The molecule has 0 aliphatic carbocycles. The maximum atomic E-state index is 12.3. The van der Waals surface area contributed by atoms with E-state index in [1.807, 2.05) is 13.8 Å². The van der Waals surface area contributed by atoms with Gasteiger partial charge in [0.15, 0.2) is 0 Å². The van der Waals surface area contributed by atoms with Gasteiger partial charge in [-0.2, -0.15) is 17.0 Å². The normalized spacial score (nSPS) is 20.4. The highest BCUT2D eigenvalue weighted by atomic mass is 32.2. The zero-order chi connectivity index (χ0) is 14.8. The van der Waals surface area contributed by atoms with Gasteiger partial charge in [-0.1, -0.05) is 0 Å². The van der Waals surface area contributed by atoms with Gasteiger partial charge in [-0.25, -0.2) is 0 Å². The lowest BCUT2D eigenvalue weighted by Gasteiger charge is -2.38. The third kappa shape index (κ3) is 4.68. The predicted octanol–water partition coefficient (Wildman–Crippen LogP) is -0.0401. The summed E-state index contributed by atoms with van der Waals surface area (Å²) in [6, 6.07) is -0.0422. The van der Waals surface area contributed by atoms with Crippen molar-refractivity contribution in [3.8, 4) is 0 Å². The Morgan fingerprint density at radius 1 is 1.21 bits per heavy atom. The Labute approximate surface area is 117 Å². The summed E-state index contributed by atoms with van der Waals surface area (Å²) in [5.74, 6) is 0. The van der Waals surface area contributed by atoms with E-state index in [0.29, 0.717) is 32.7 Å². The first-order chi connectivity index (χ1) is 8.54. The number of aliphatic hydroxyl groups is 1. The molecule has 114 valence electrons. The molecule has 0 spiro atoms. The van der Waals surface area contributed by atoms with Crippen LogP contribution in [0.3, 0.4) is 0 Å². The molecule has 1 fully saturated rings. The number of piperazine rings is 1. The molecule has 1 heterocycles. The van der Waals surface area contributed by atoms with Gasteiger partial charge >= 0.3 is 0 Å². The molecule has 1 aliphatic heterocycles. The highest BCUT2D eigenvalue weighted by Gasteiger charge is 2.32. The van der Waals surface area contributed by atoms with Crippen LogP contribution in [0.2, 0.25) is 0 Å². The van der Waals surface area contributed by atoms with E-state index < -0.39 is 15.8 Å². The second-order valence-electron chi connectivity index (χ2n) is 6.11. The molecule has 0 unspecified atom stereocenters. The molecular formula is C12H27N3O3S. The molecule has 7 heteroatoms. The Kier molecular flexibility index (Phi) is 5.36. The van der Waals surface area contributed by atoms with E-state index in [0.717, 1.165) is 0 Å². The molecule has 0 saturated carbocycles. The van der Waals surface area contributed by atoms with Crippen LogP contribution in [-0.4, -0.2) is 78.4 Å². The van der Waals surface area contributed by atoms with Crippen molar-refractivity contribution in [3.63, 3.8) is 0 Å². The minimum Gasteiger partial charge on any atom is -0.389 e. The van der Waals surface area contributed by atoms with Gasteiger partial charge in [0, 0.05) is 45.8 Å². The molecule has 19 heavy (non-hydrogen) atoms. The summed E-state index contributed by atoms with van der Waals surface area (Å²) in [6.45, 7) is 10.1. The third-order valence-electron chi connectivity index (χ3n) is 3.36. The number of hydrogen-bond donors (Lipinski definition) is 1. The molecule has 0 atom stereocenters. The molecule has 0 radical (unpaired) electrons. The van der Waals surface area contributed by atoms with Gasteiger partial charge in [-0.15, -0.1) is 0 Å². The van der Waals surface area contributed by atoms with E-state index in [4.69, 9.17) is 0 Å². The average Bonchev–Trinajstić information content (AvgIpc) is 2.26. The summed E-state index contributed by atoms with van der Waals surface area (Å²) in [5, 5.41) is 9.77. The van der Waals surface area contributed by atoms with E-state index in [2.05, 4.69) is 4.90 Å². The predicted molar refractivity (Wildman–Crippen MR) is 76.1 cm³/mol. The number of β-amino-alcohol motifs (C(OH)–C–C–N with tert-alkyl or cyclic N) is 1. The van der Waals surface area contributed by atoms with Gasteiger partial charge in [-0.05, 0) is 27.7 Å². The molecule has 1 saturated heterocycles. The van der Waals surface area contributed by atoms with E-state index in [1.165, 1.54) is 8.61 Å². The van der Waals surface area contributed by atoms with Gasteiger partial charge < -0.3 is 5.11 Å². The lowest BCUT2D eigenvalue weighted by molar-refractivity contribution is 0.0258. The summed E-state index contributed by atoms with van der Waals surface area (Å²) in [7, 11) is -1.74. The van der Waals surface area contributed by atoms with Crippen LogP contribution in [0.15, 0.2) is 0 Å². The van der Waals surface area contributed by atoms with Crippen LogP contribution in [0.4, 0.5) is 0 Å². The first-order valence-electron chi connectivity index (χ1n) is 6.72. The van der Waals surface area contributed by atoms with Crippen LogP contribution >= 0.6 is 0 Å². The Bertz CT molecular complexity index is 382. The Morgan fingerprint density at radius 2 is 1.68 bits per heavy atom. The second-order valence-corrected chi connectivity index (χ2v) is 8.09. The summed E-state index contributed by atoms with van der Waals surface area (Å²) >= 11 is 0. The smallest absolute Gasteiger partial charge is 0.282 e. The molecule has 1 N–H and O–H groups in total. The van der Waals surface area contributed by atoms with E-state index in [9.17, 15) is 13.5 Å². The first kappa shape index (κ1) is 16.8. The second kappa shape index (κ2) is 6.05. The molecule has 1 aliphatic rings. The summed E-state index contributed by atoms with van der Waals surface area (Å²) < 4.78 is 27.5. The summed E-state index contributed by atoms with van der Waals surface area (Å²) in [4.78, 5) is 2.10. The van der Waals surface area contributed by atoms with Crippen molar-refractivity contribution >= 4 is 10.2 Å². The van der Waals surface area contributed by atoms with Crippen molar-refractivity contribution in [2.75, 3.05) is 39.8 Å². The van der Waals surface area contributed by atoms with Gasteiger partial charge in [0.25, 0.3) is 10.2 Å². The van der Waals surface area contributed by atoms with E-state index in [1.54, 1.807) is 20.9 Å². The van der Waals surface area contributed by atoms with Crippen molar-refractivity contribution in [1.82, 2.24) is 13.5 Å². The van der Waals surface area contributed by atoms with Gasteiger partial charge in [-0.3, -0.25) is 4.90 Å². The first-order valence-corrected chi connectivity index (χ1v) is 8.11. The van der Waals surface area contributed by atoms with Crippen LogP contribution in [0.5, 0.6) is 0 Å². The SMILES string of the molecule is CC(C)N(C)S(=O)(=O)N1CCN(CC(C)(C)O)CC1. The van der Waals surface area contributed by atoms with Crippen LogP contribution < -0.4 is 0 Å². The van der Waals surface area contributed by atoms with Crippen LogP contribution in [-0.2, 0) is 10.2 Å². The Hall–Kier alpha value is -0.210. The van der Waals surface area contributed by atoms with Gasteiger partial charge in [0.1, 0.15) is 0 Å². The molecular weight excluding hydrogens is 266 g/mol. The molecule has 0 aromatic heterocycles. The highest BCUT2D eigenvalue weighted by Crippen LogP contribution is 2.14. The summed E-state index contributed by atoms with van der Waals surface area (Å²) in [6.07, 6.45) is 0. The lowest BCUT2D eigenvalue weighted by atomic mass is 10.1. The fraction of sp³-hybridized carbons (Fsp3) is 1.00. The third-order valence-corrected chi connectivity index (χ3v) is 5.53. The molecule has 6 nitrogen and oxygen atoms in total. The molecule has 1 rings (SSSR count). The van der Waals surface area contributed by atoms with Crippen molar-refractivity contribution in [2.45, 2.75) is 39.3 Å². The molecule has 0 amide bonds. The van der Waals surface area contributed by atoms with Gasteiger partial charge in [0.2, 0.25) is 0 Å². The Balaban J connectivity index is 2.59. The van der Waals surface area contributed by atoms with Crippen LogP contribution in [0.25, 0.3) is 0 Å². The summed E-state index contributed by atoms with van der Waals surface area (Å²) in [5.41, 5.74) is -0.740. The van der Waals surface area contributed by atoms with E-state index in [-0.39, 0.29) is 6.04 Å². The van der Waals surface area contributed by atoms with E-state index >= 15 is 0 Å². The zero-order valence-corrected chi connectivity index (χ0v) is 13.4. The minimum absolute atomic E-state index is 0.0422. The van der Waals surface area contributed by atoms with Crippen LogP contribution in [0.1, 0.15) is 27.7 Å². The Morgan fingerprint density at radius 3 is 2.05 bits per heavy atom. The van der Waals surface area contributed by atoms with Crippen molar-refractivity contribution in [1.29, 1.82) is 0 Å². The molecule has 0 aromatic carbocycles. The number of rotatable bonds is 5. The largest absolute Gasteiger partial charge is 0.389 e. The lowest BCUT2D eigenvalue weighted by Crippen LogP contribution is -2.55. The van der Waals surface area contributed by atoms with Crippen LogP contribution in [0, 0.1) is 0 Å². The van der Waals surface area contributed by atoms with Crippen molar-refractivity contribution in [3.05, 3.63) is 0 Å². The zero-order valence-electron chi connectivity index (χ0n) is 12.6. The molecule has 0 bridgehead atoms. The van der Waals surface area contributed by atoms with Gasteiger partial charge in [0.05, 0.1) is 5.60 Å². The maximum Gasteiger partial charge on any atom is 0.282 e. The quantitative estimate of drug-likeness (QED) is 0.772. The maximum absolute atomic E-state index is 12.3. The molecule has 0 aromatic rings. The van der Waals surface area contributed by atoms with Crippen molar-refractivity contribution in [2.24, 2.45) is 0 Å². The van der Waals surface area contributed by atoms with Crippen molar-refractivity contribution < 1.29 is 13.5 Å². The number of hydrogen-bond acceptors (Lipinski definition) is 4. The topological polar surface area (TPSA) is 64.1 Å². The fourth-order valence-electron chi connectivity index (χ4n) is 2.11. The monoisotopic (exact) mass is 293 g/mol. The number of nitrogens with zero attached hydrogens (tertiary/aromatic N) is 3. The highest BCUT2D eigenvalue weighted by molar-refractivity contribution is 7.86. The average molecular weight is 293 g/mol.